The van der Waals surface area contributed by atoms with E-state index < -0.39 is 6.03 Å². The van der Waals surface area contributed by atoms with Crippen molar-refractivity contribution >= 4 is 40.0 Å². The number of amides is 2. The summed E-state index contributed by atoms with van der Waals surface area (Å²) < 4.78 is 14.1. The summed E-state index contributed by atoms with van der Waals surface area (Å²) in [5.74, 6) is 0.768. The van der Waals surface area contributed by atoms with Gasteiger partial charge in [-0.1, -0.05) is 24.3 Å². The van der Waals surface area contributed by atoms with Gasteiger partial charge in [-0.2, -0.15) is 0 Å². The molecule has 0 aliphatic rings. The third kappa shape index (κ3) is 3.28. The molecule has 4 aromatic rings. The van der Waals surface area contributed by atoms with Gasteiger partial charge in [0, 0.05) is 14.2 Å². The highest BCUT2D eigenvalue weighted by Crippen LogP contribution is 2.21. The quantitative estimate of drug-likeness (QED) is 0.535. The van der Waals surface area contributed by atoms with Crippen LogP contribution in [0.4, 0.5) is 16.7 Å². The number of nitrogens with zero attached hydrogens (tertiary/aromatic N) is 4. The maximum atomic E-state index is 12.6. The molecule has 0 bridgehead atoms. The number of hydrogen-bond donors (Lipinski definition) is 2. The van der Waals surface area contributed by atoms with Crippen molar-refractivity contribution in [2.24, 2.45) is 0 Å². The lowest BCUT2D eigenvalue weighted by molar-refractivity contribution is 0.136. The topological polar surface area (TPSA) is 95.2 Å². The van der Waals surface area contributed by atoms with Crippen molar-refractivity contribution in [2.45, 2.75) is 13.5 Å². The Bertz CT molecular complexity index is 1050. The van der Waals surface area contributed by atoms with Crippen molar-refractivity contribution < 1.29 is 14.3 Å². The number of nitrogens with one attached hydrogen (secondary N) is 2. The molecule has 0 atom stereocenters. The fourth-order valence-corrected chi connectivity index (χ4v) is 3.10. The molecule has 0 unspecified atom stereocenters. The van der Waals surface area contributed by atoms with Crippen molar-refractivity contribution in [1.82, 2.24) is 19.1 Å². The number of aromatic nitrogens is 4. The zero-order chi connectivity index (χ0) is 19.5. The molecule has 144 valence electrons. The van der Waals surface area contributed by atoms with Crippen molar-refractivity contribution in [3.63, 3.8) is 0 Å². The first-order valence-electron chi connectivity index (χ1n) is 8.67. The van der Waals surface area contributed by atoms with Gasteiger partial charge in [0.25, 0.3) is 0 Å². The molecular weight excluding hydrogens is 360 g/mol. The van der Waals surface area contributed by atoms with Crippen LogP contribution in [0.25, 0.3) is 22.1 Å². The molecule has 2 amide bonds. The molecule has 2 heterocycles. The molecule has 0 saturated heterocycles. The number of carbonyl (C=O) groups excluding carboxylic acids is 1. The normalized spacial score (nSPS) is 11.2. The summed E-state index contributed by atoms with van der Waals surface area (Å²) in [6.07, 6.45) is 0. The van der Waals surface area contributed by atoms with E-state index in [1.165, 1.54) is 0 Å². The van der Waals surface area contributed by atoms with E-state index in [0.29, 0.717) is 11.9 Å². The number of fused-ring (bicyclic) bond motifs is 2. The van der Waals surface area contributed by atoms with Gasteiger partial charge in [0.1, 0.15) is 13.5 Å². The minimum Gasteiger partial charge on any atom is -0.364 e. The molecule has 0 fully saturated rings. The van der Waals surface area contributed by atoms with Crippen molar-refractivity contribution in [3.05, 3.63) is 48.5 Å². The predicted molar refractivity (Wildman–Crippen MR) is 106 cm³/mol. The van der Waals surface area contributed by atoms with Gasteiger partial charge < -0.3 is 9.47 Å². The van der Waals surface area contributed by atoms with Crippen molar-refractivity contribution in [1.29, 1.82) is 0 Å². The van der Waals surface area contributed by atoms with Crippen LogP contribution in [0.3, 0.4) is 0 Å². The molecule has 0 radical (unpaired) electrons. The van der Waals surface area contributed by atoms with Gasteiger partial charge in [-0.25, -0.2) is 14.8 Å². The summed E-state index contributed by atoms with van der Waals surface area (Å²) in [5.41, 5.74) is 3.26. The Labute approximate surface area is 160 Å². The molecule has 0 aliphatic heterocycles. The zero-order valence-corrected chi connectivity index (χ0v) is 15.5. The number of methoxy groups -OCH3 is 2. The van der Waals surface area contributed by atoms with Gasteiger partial charge in [-0.15, -0.1) is 0 Å². The number of rotatable bonds is 6. The van der Waals surface area contributed by atoms with E-state index in [2.05, 4.69) is 20.6 Å². The molecule has 0 aliphatic carbocycles. The van der Waals surface area contributed by atoms with Crippen LogP contribution in [0.15, 0.2) is 48.5 Å². The third-order valence-corrected chi connectivity index (χ3v) is 4.28. The van der Waals surface area contributed by atoms with Gasteiger partial charge in [0.05, 0.1) is 22.1 Å². The zero-order valence-electron chi connectivity index (χ0n) is 15.5. The molecule has 28 heavy (non-hydrogen) atoms. The summed E-state index contributed by atoms with van der Waals surface area (Å²) in [7, 11) is 3.18. The number of para-hydroxylation sites is 4. The Morgan fingerprint density at radius 2 is 1.25 bits per heavy atom. The van der Waals surface area contributed by atoms with E-state index in [9.17, 15) is 4.79 Å². The van der Waals surface area contributed by atoms with E-state index >= 15 is 0 Å². The third-order valence-electron chi connectivity index (χ3n) is 4.28. The highest BCUT2D eigenvalue weighted by Gasteiger charge is 2.16. The van der Waals surface area contributed by atoms with Crippen LogP contribution in [-0.2, 0) is 22.9 Å². The molecule has 2 aromatic carbocycles. The molecule has 2 N–H and O–H groups in total. The van der Waals surface area contributed by atoms with E-state index in [1.54, 1.807) is 23.4 Å². The van der Waals surface area contributed by atoms with Gasteiger partial charge in [-0.05, 0) is 24.3 Å². The van der Waals surface area contributed by atoms with Crippen LogP contribution >= 0.6 is 0 Å². The van der Waals surface area contributed by atoms with Crippen LogP contribution in [-0.4, -0.2) is 39.4 Å². The Kier molecular flexibility index (Phi) is 4.92. The molecule has 9 heteroatoms. The molecule has 9 nitrogen and oxygen atoms in total. The number of benzene rings is 2. The molecule has 0 saturated carbocycles. The molecular formula is C19H20N6O3. The second-order valence-electron chi connectivity index (χ2n) is 6.12. The lowest BCUT2D eigenvalue weighted by Crippen LogP contribution is -2.24. The van der Waals surface area contributed by atoms with Crippen LogP contribution in [0.5, 0.6) is 0 Å². The lowest BCUT2D eigenvalue weighted by Gasteiger charge is -2.11. The Balaban J connectivity index is 1.62. The SMILES string of the molecule is COCn1c(NC(=O)Nc2nc3ccccc3n2COC)nc2ccccc21. The number of hydrogen-bond acceptors (Lipinski definition) is 5. The largest absolute Gasteiger partial charge is 0.364 e. The van der Waals surface area contributed by atoms with Gasteiger partial charge >= 0.3 is 6.03 Å². The molecule has 0 spiro atoms. The minimum absolute atomic E-state index is 0.262. The number of ether oxygens (including phenoxy) is 2. The summed E-state index contributed by atoms with van der Waals surface area (Å²) in [6, 6.07) is 14.7. The first-order chi connectivity index (χ1) is 13.7. The number of urea groups is 1. The van der Waals surface area contributed by atoms with Crippen LogP contribution in [0.1, 0.15) is 0 Å². The smallest absolute Gasteiger partial charge is 0.328 e. The summed E-state index contributed by atoms with van der Waals surface area (Å²) in [4.78, 5) is 21.6. The second-order valence-corrected chi connectivity index (χ2v) is 6.12. The Morgan fingerprint density at radius 1 is 0.821 bits per heavy atom. The summed E-state index contributed by atoms with van der Waals surface area (Å²) in [5, 5.41) is 5.55. The Hall–Kier alpha value is -3.43. The van der Waals surface area contributed by atoms with E-state index in [-0.39, 0.29) is 13.5 Å². The minimum atomic E-state index is -0.458. The lowest BCUT2D eigenvalue weighted by atomic mass is 10.3. The molecule has 4 rings (SSSR count). The number of carbonyl (C=O) groups is 1. The highest BCUT2D eigenvalue weighted by molar-refractivity contribution is 5.99. The first-order valence-corrected chi connectivity index (χ1v) is 8.67. The number of anilines is 2. The monoisotopic (exact) mass is 380 g/mol. The van der Waals surface area contributed by atoms with Crippen LogP contribution in [0.2, 0.25) is 0 Å². The fraction of sp³-hybridized carbons (Fsp3) is 0.211. The summed E-state index contributed by atoms with van der Waals surface area (Å²) >= 11 is 0. The van der Waals surface area contributed by atoms with Gasteiger partial charge in [0.2, 0.25) is 11.9 Å². The maximum absolute atomic E-state index is 12.6. The van der Waals surface area contributed by atoms with Gasteiger partial charge in [0.15, 0.2) is 0 Å². The second kappa shape index (κ2) is 7.67. The summed E-state index contributed by atoms with van der Waals surface area (Å²) in [6.45, 7) is 0.524. The molecule has 2 aromatic heterocycles. The van der Waals surface area contributed by atoms with Crippen LogP contribution in [0, 0.1) is 0 Å². The fourth-order valence-electron chi connectivity index (χ4n) is 3.10. The van der Waals surface area contributed by atoms with E-state index in [1.807, 2.05) is 48.5 Å². The van der Waals surface area contributed by atoms with E-state index in [0.717, 1.165) is 22.1 Å². The maximum Gasteiger partial charge on any atom is 0.328 e. The van der Waals surface area contributed by atoms with Crippen LogP contribution < -0.4 is 10.6 Å². The average molecular weight is 380 g/mol. The standard InChI is InChI=1S/C19H20N6O3/c1-27-11-24-15-9-5-3-7-13(15)20-17(24)22-19(26)23-18-21-14-8-4-6-10-16(14)25(18)12-28-2/h3-10H,11-12H2,1-2H3,(H2,20,21,22,23,26). The Morgan fingerprint density at radius 3 is 1.68 bits per heavy atom. The first kappa shape index (κ1) is 18.0. The highest BCUT2D eigenvalue weighted by atomic mass is 16.5. The van der Waals surface area contributed by atoms with E-state index in [4.69, 9.17) is 9.47 Å². The average Bonchev–Trinajstić information content (AvgIpc) is 3.21. The van der Waals surface area contributed by atoms with Crippen molar-refractivity contribution in [3.8, 4) is 0 Å². The van der Waals surface area contributed by atoms with Gasteiger partial charge in [-0.3, -0.25) is 19.8 Å². The van der Waals surface area contributed by atoms with Crippen molar-refractivity contribution in [2.75, 3.05) is 24.9 Å². The predicted octanol–water partition coefficient (Wildman–Crippen LogP) is 3.24. The number of imidazole rings is 2.